The van der Waals surface area contributed by atoms with Crippen LogP contribution in [-0.2, 0) is 0 Å². The summed E-state index contributed by atoms with van der Waals surface area (Å²) in [5.74, 6) is -0.443. The van der Waals surface area contributed by atoms with E-state index < -0.39 is 10.7 Å². The van der Waals surface area contributed by atoms with Gasteiger partial charge in [-0.3, -0.25) is 14.9 Å². The maximum atomic E-state index is 12.5. The number of hydrogen-bond donors (Lipinski definition) is 0. The van der Waals surface area contributed by atoms with Gasteiger partial charge in [0.25, 0.3) is 5.69 Å². The summed E-state index contributed by atoms with van der Waals surface area (Å²) in [6.07, 6.45) is 4.44. The molecular formula is C20H12N4O3S. The molecule has 3 aromatic rings. The van der Waals surface area contributed by atoms with Gasteiger partial charge in [0, 0.05) is 24.0 Å². The first-order valence-electron chi connectivity index (χ1n) is 8.03. The molecule has 0 spiro atoms. The Labute approximate surface area is 164 Å². The van der Waals surface area contributed by atoms with Crippen molar-refractivity contribution in [1.82, 2.24) is 9.97 Å². The molecule has 0 amide bonds. The molecule has 2 aromatic carbocycles. The maximum Gasteiger partial charge on any atom is 0.283 e. The lowest BCUT2D eigenvalue weighted by Gasteiger charge is -2.04. The van der Waals surface area contributed by atoms with Crippen LogP contribution in [0.5, 0.6) is 0 Å². The summed E-state index contributed by atoms with van der Waals surface area (Å²) in [5.41, 5.74) is 0.493. The second-order valence-electron chi connectivity index (χ2n) is 5.48. The van der Waals surface area contributed by atoms with Gasteiger partial charge in [-0.25, -0.2) is 9.97 Å². The number of Topliss-reactive ketones (excluding diaryl/α,β-unsaturated/α-hetero) is 1. The van der Waals surface area contributed by atoms with Gasteiger partial charge in [0.05, 0.1) is 9.82 Å². The quantitative estimate of drug-likeness (QED) is 0.154. The van der Waals surface area contributed by atoms with Gasteiger partial charge < -0.3 is 0 Å². The normalized spacial score (nSPS) is 10.9. The molecule has 0 aliphatic rings. The topological polar surface area (TPSA) is 110 Å². The number of allylic oxidation sites excluding steroid dienone is 1. The van der Waals surface area contributed by atoms with Crippen LogP contribution in [0.25, 0.3) is 6.08 Å². The molecule has 0 radical (unpaired) electrons. The average molecular weight is 388 g/mol. The zero-order valence-corrected chi connectivity index (χ0v) is 15.2. The van der Waals surface area contributed by atoms with Crippen molar-refractivity contribution in [2.24, 2.45) is 0 Å². The van der Waals surface area contributed by atoms with Gasteiger partial charge in [0.2, 0.25) is 5.78 Å². The minimum absolute atomic E-state index is 0.104. The van der Waals surface area contributed by atoms with E-state index in [1.165, 1.54) is 12.1 Å². The van der Waals surface area contributed by atoms with Gasteiger partial charge in [-0.15, -0.1) is 0 Å². The van der Waals surface area contributed by atoms with Crippen molar-refractivity contribution in [2.75, 3.05) is 0 Å². The Morgan fingerprint density at radius 3 is 2.46 bits per heavy atom. The highest BCUT2D eigenvalue weighted by Crippen LogP contribution is 2.34. The van der Waals surface area contributed by atoms with Crippen molar-refractivity contribution in [3.05, 3.63) is 93.8 Å². The Balaban J connectivity index is 1.95. The standard InChI is InChI=1S/C20H12N4O3S/c21-13-16(19(25)15-5-2-1-3-6-15)11-14-7-8-18(17(12-14)24(26)27)28-20-22-9-4-10-23-20/h1-12H/b16-11-. The van der Waals surface area contributed by atoms with E-state index in [4.69, 9.17) is 0 Å². The fraction of sp³-hybridized carbons (Fsp3) is 0. The van der Waals surface area contributed by atoms with Crippen molar-refractivity contribution in [1.29, 1.82) is 5.26 Å². The second-order valence-corrected chi connectivity index (χ2v) is 6.49. The van der Waals surface area contributed by atoms with Gasteiger partial charge in [0.1, 0.15) is 11.6 Å². The van der Waals surface area contributed by atoms with Gasteiger partial charge in [-0.2, -0.15) is 5.26 Å². The smallest absolute Gasteiger partial charge is 0.283 e. The molecule has 1 aromatic heterocycles. The Kier molecular flexibility index (Phi) is 5.89. The molecule has 0 aliphatic heterocycles. The zero-order chi connectivity index (χ0) is 19.9. The first-order valence-corrected chi connectivity index (χ1v) is 8.85. The van der Waals surface area contributed by atoms with Crippen LogP contribution in [0.1, 0.15) is 15.9 Å². The number of nitriles is 1. The highest BCUT2D eigenvalue weighted by Gasteiger charge is 2.18. The van der Waals surface area contributed by atoms with E-state index in [0.717, 1.165) is 11.8 Å². The van der Waals surface area contributed by atoms with Crippen LogP contribution < -0.4 is 0 Å². The Bertz CT molecular complexity index is 1090. The molecule has 0 unspecified atom stereocenters. The van der Waals surface area contributed by atoms with E-state index in [1.54, 1.807) is 60.9 Å². The molecule has 7 nitrogen and oxygen atoms in total. The Morgan fingerprint density at radius 2 is 1.82 bits per heavy atom. The van der Waals surface area contributed by atoms with Crippen molar-refractivity contribution >= 4 is 29.3 Å². The molecule has 0 fully saturated rings. The first kappa shape index (κ1) is 18.9. The van der Waals surface area contributed by atoms with E-state index in [9.17, 15) is 20.2 Å². The average Bonchev–Trinajstić information content (AvgIpc) is 2.73. The number of nitro groups is 1. The van der Waals surface area contributed by atoms with Crippen LogP contribution in [0.3, 0.4) is 0 Å². The number of carbonyl (C=O) groups excluding carboxylic acids is 1. The third-order valence-electron chi connectivity index (χ3n) is 3.64. The van der Waals surface area contributed by atoms with E-state index >= 15 is 0 Å². The predicted octanol–water partition coefficient (Wildman–Crippen LogP) is 4.33. The molecule has 3 rings (SSSR count). The summed E-state index contributed by atoms with van der Waals surface area (Å²) in [7, 11) is 0. The number of nitrogens with zero attached hydrogens (tertiary/aromatic N) is 4. The predicted molar refractivity (Wildman–Crippen MR) is 104 cm³/mol. The van der Waals surface area contributed by atoms with E-state index in [0.29, 0.717) is 21.2 Å². The molecule has 0 atom stereocenters. The summed E-state index contributed by atoms with van der Waals surface area (Å²) in [4.78, 5) is 31.9. The lowest BCUT2D eigenvalue weighted by atomic mass is 10.0. The molecule has 1 heterocycles. The summed E-state index contributed by atoms with van der Waals surface area (Å²) in [6.45, 7) is 0. The fourth-order valence-electron chi connectivity index (χ4n) is 2.35. The summed E-state index contributed by atoms with van der Waals surface area (Å²) in [5, 5.41) is 21.2. The van der Waals surface area contributed by atoms with Gasteiger partial charge in [0.15, 0.2) is 5.16 Å². The van der Waals surface area contributed by atoms with Crippen molar-refractivity contribution in [3.63, 3.8) is 0 Å². The lowest BCUT2D eigenvalue weighted by molar-refractivity contribution is -0.387. The van der Waals surface area contributed by atoms with Crippen LogP contribution >= 0.6 is 11.8 Å². The molecule has 0 bridgehead atoms. The third-order valence-corrected chi connectivity index (χ3v) is 4.59. The lowest BCUT2D eigenvalue weighted by Crippen LogP contribution is -2.01. The largest absolute Gasteiger partial charge is 0.288 e. The highest BCUT2D eigenvalue weighted by molar-refractivity contribution is 7.99. The summed E-state index contributed by atoms with van der Waals surface area (Å²) < 4.78 is 0. The van der Waals surface area contributed by atoms with Crippen molar-refractivity contribution in [2.45, 2.75) is 10.1 Å². The van der Waals surface area contributed by atoms with Crippen LogP contribution in [0.2, 0.25) is 0 Å². The van der Waals surface area contributed by atoms with Crippen LogP contribution in [0.15, 0.2) is 82.6 Å². The van der Waals surface area contributed by atoms with Crippen LogP contribution in [0.4, 0.5) is 5.69 Å². The van der Waals surface area contributed by atoms with Crippen molar-refractivity contribution < 1.29 is 9.72 Å². The number of aromatic nitrogens is 2. The number of rotatable bonds is 6. The zero-order valence-electron chi connectivity index (χ0n) is 14.4. The van der Waals surface area contributed by atoms with Gasteiger partial charge in [-0.1, -0.05) is 36.4 Å². The first-order chi connectivity index (χ1) is 13.6. The van der Waals surface area contributed by atoms with Crippen LogP contribution in [-0.4, -0.2) is 20.7 Å². The number of nitro benzene ring substituents is 1. The molecule has 28 heavy (non-hydrogen) atoms. The molecule has 0 saturated carbocycles. The molecule has 8 heteroatoms. The molecule has 0 saturated heterocycles. The Hall–Kier alpha value is -3.83. The SMILES string of the molecule is N#C/C(=C/c1ccc(Sc2ncccn2)c([N+](=O)[O-])c1)C(=O)c1ccccc1. The van der Waals surface area contributed by atoms with Crippen molar-refractivity contribution in [3.8, 4) is 6.07 Å². The summed E-state index contributed by atoms with van der Waals surface area (Å²) in [6, 6.07) is 16.4. The molecule has 0 N–H and O–H groups in total. The minimum atomic E-state index is -0.520. The number of ketones is 1. The van der Waals surface area contributed by atoms with E-state index in [1.807, 2.05) is 6.07 Å². The van der Waals surface area contributed by atoms with E-state index in [2.05, 4.69) is 9.97 Å². The molecule has 0 aliphatic carbocycles. The second kappa shape index (κ2) is 8.70. The van der Waals surface area contributed by atoms with Crippen LogP contribution in [0, 0.1) is 21.4 Å². The number of carbonyl (C=O) groups is 1. The van der Waals surface area contributed by atoms with Gasteiger partial charge >= 0.3 is 0 Å². The Morgan fingerprint density at radius 1 is 1.11 bits per heavy atom. The minimum Gasteiger partial charge on any atom is -0.288 e. The monoisotopic (exact) mass is 388 g/mol. The number of hydrogen-bond acceptors (Lipinski definition) is 7. The third kappa shape index (κ3) is 4.47. The fourth-order valence-corrected chi connectivity index (χ4v) is 3.15. The van der Waals surface area contributed by atoms with Gasteiger partial charge in [-0.05, 0) is 35.5 Å². The maximum absolute atomic E-state index is 12.5. The summed E-state index contributed by atoms with van der Waals surface area (Å²) >= 11 is 1.06. The molecular weight excluding hydrogens is 376 g/mol. The molecule has 136 valence electrons. The van der Waals surface area contributed by atoms with E-state index in [-0.39, 0.29) is 11.3 Å². The number of benzene rings is 2. The highest BCUT2D eigenvalue weighted by atomic mass is 32.2.